The molecule has 0 unspecified atom stereocenters. The van der Waals surface area contributed by atoms with Crippen LogP contribution in [0.5, 0.6) is 0 Å². The van der Waals surface area contributed by atoms with Gasteiger partial charge in [-0.1, -0.05) is 23.8 Å². The lowest BCUT2D eigenvalue weighted by molar-refractivity contribution is -0.119. The number of amides is 1. The van der Waals surface area contributed by atoms with Crippen molar-refractivity contribution in [1.29, 1.82) is 0 Å². The van der Waals surface area contributed by atoms with E-state index in [9.17, 15) is 4.79 Å². The minimum atomic E-state index is 0.0350. The summed E-state index contributed by atoms with van der Waals surface area (Å²) < 4.78 is 0. The van der Waals surface area contributed by atoms with Gasteiger partial charge in [-0.2, -0.15) is 0 Å². The van der Waals surface area contributed by atoms with E-state index in [2.05, 4.69) is 35.8 Å². The van der Waals surface area contributed by atoms with Gasteiger partial charge in [0.15, 0.2) is 0 Å². The molecule has 2 N–H and O–H groups in total. The predicted molar refractivity (Wildman–Crippen MR) is 73.5 cm³/mol. The van der Waals surface area contributed by atoms with Gasteiger partial charge in [0.05, 0.1) is 0 Å². The lowest BCUT2D eigenvalue weighted by Gasteiger charge is -2.25. The molecule has 1 aliphatic heterocycles. The van der Waals surface area contributed by atoms with E-state index in [1.54, 1.807) is 6.92 Å². The van der Waals surface area contributed by atoms with Crippen LogP contribution in [0.1, 0.15) is 42.4 Å². The lowest BCUT2D eigenvalue weighted by Crippen LogP contribution is -2.28. The smallest absolute Gasteiger partial charge is 0.217 e. The number of benzene rings is 1. The molecule has 3 heteroatoms. The third-order valence-electron chi connectivity index (χ3n) is 3.61. The highest BCUT2D eigenvalue weighted by molar-refractivity contribution is 5.72. The highest BCUT2D eigenvalue weighted by atomic mass is 16.1. The normalized spacial score (nSPS) is 16.6. The summed E-state index contributed by atoms with van der Waals surface area (Å²) in [5, 5.41) is 6.31. The molecular weight excluding hydrogens is 224 g/mol. The zero-order chi connectivity index (χ0) is 13.0. The van der Waals surface area contributed by atoms with Gasteiger partial charge in [-0.3, -0.25) is 4.79 Å². The molecule has 0 bridgehead atoms. The maximum absolute atomic E-state index is 11.1. The van der Waals surface area contributed by atoms with Crippen molar-refractivity contribution >= 4 is 5.91 Å². The van der Waals surface area contributed by atoms with Gasteiger partial charge in [-0.05, 0) is 49.9 Å². The molecular formula is C15H22N2O. The SMILES string of the molecule is CC(=O)NCc1cc(C)ccc1C1CCNCC1. The third-order valence-corrected chi connectivity index (χ3v) is 3.61. The first kappa shape index (κ1) is 13.1. The fourth-order valence-electron chi connectivity index (χ4n) is 2.64. The second-order valence-electron chi connectivity index (χ2n) is 5.14. The molecule has 2 rings (SSSR count). The van der Waals surface area contributed by atoms with E-state index in [0.29, 0.717) is 12.5 Å². The molecule has 0 spiro atoms. The molecule has 1 heterocycles. The predicted octanol–water partition coefficient (Wildman–Crippen LogP) is 2.10. The number of aryl methyl sites for hydroxylation is 1. The average Bonchev–Trinajstić information content (AvgIpc) is 2.37. The highest BCUT2D eigenvalue weighted by Gasteiger charge is 2.18. The summed E-state index contributed by atoms with van der Waals surface area (Å²) in [6.07, 6.45) is 2.38. The van der Waals surface area contributed by atoms with Crippen LogP contribution in [0.4, 0.5) is 0 Å². The molecule has 1 aromatic rings. The van der Waals surface area contributed by atoms with E-state index in [1.807, 2.05) is 0 Å². The van der Waals surface area contributed by atoms with Crippen LogP contribution in [0.15, 0.2) is 18.2 Å². The number of hydrogen-bond acceptors (Lipinski definition) is 2. The van der Waals surface area contributed by atoms with Gasteiger partial charge in [-0.15, -0.1) is 0 Å². The van der Waals surface area contributed by atoms with Crippen LogP contribution in [0.2, 0.25) is 0 Å². The van der Waals surface area contributed by atoms with E-state index in [4.69, 9.17) is 0 Å². The molecule has 1 fully saturated rings. The van der Waals surface area contributed by atoms with Crippen molar-refractivity contribution in [2.24, 2.45) is 0 Å². The second kappa shape index (κ2) is 6.01. The van der Waals surface area contributed by atoms with Crippen LogP contribution in [-0.2, 0) is 11.3 Å². The zero-order valence-electron chi connectivity index (χ0n) is 11.3. The topological polar surface area (TPSA) is 41.1 Å². The molecule has 1 saturated heterocycles. The minimum Gasteiger partial charge on any atom is -0.352 e. The van der Waals surface area contributed by atoms with E-state index < -0.39 is 0 Å². The fourth-order valence-corrected chi connectivity index (χ4v) is 2.64. The maximum Gasteiger partial charge on any atom is 0.217 e. The van der Waals surface area contributed by atoms with Gasteiger partial charge >= 0.3 is 0 Å². The summed E-state index contributed by atoms with van der Waals surface area (Å²) in [7, 11) is 0. The number of carbonyl (C=O) groups is 1. The maximum atomic E-state index is 11.1. The molecule has 0 atom stereocenters. The average molecular weight is 246 g/mol. The molecule has 1 amide bonds. The van der Waals surface area contributed by atoms with Crippen molar-refractivity contribution < 1.29 is 4.79 Å². The first-order chi connectivity index (χ1) is 8.66. The van der Waals surface area contributed by atoms with Crippen LogP contribution in [0.25, 0.3) is 0 Å². The first-order valence-corrected chi connectivity index (χ1v) is 6.71. The summed E-state index contributed by atoms with van der Waals surface area (Å²) in [4.78, 5) is 11.1. The fraction of sp³-hybridized carbons (Fsp3) is 0.533. The molecule has 1 aliphatic rings. The monoisotopic (exact) mass is 246 g/mol. The van der Waals surface area contributed by atoms with Crippen LogP contribution < -0.4 is 10.6 Å². The Balaban J connectivity index is 2.18. The van der Waals surface area contributed by atoms with Gasteiger partial charge in [0.1, 0.15) is 0 Å². The second-order valence-corrected chi connectivity index (χ2v) is 5.14. The van der Waals surface area contributed by atoms with E-state index in [1.165, 1.54) is 29.5 Å². The lowest BCUT2D eigenvalue weighted by atomic mass is 9.86. The van der Waals surface area contributed by atoms with Crippen LogP contribution in [0, 0.1) is 6.92 Å². The van der Waals surface area contributed by atoms with Crippen LogP contribution in [0.3, 0.4) is 0 Å². The number of hydrogen-bond donors (Lipinski definition) is 2. The first-order valence-electron chi connectivity index (χ1n) is 6.71. The van der Waals surface area contributed by atoms with Gasteiger partial charge < -0.3 is 10.6 Å². The number of piperidine rings is 1. The van der Waals surface area contributed by atoms with Gasteiger partial charge in [-0.25, -0.2) is 0 Å². The Hall–Kier alpha value is -1.35. The Morgan fingerprint density at radius 1 is 1.39 bits per heavy atom. The van der Waals surface area contributed by atoms with Gasteiger partial charge in [0.2, 0.25) is 5.91 Å². The molecule has 0 radical (unpaired) electrons. The summed E-state index contributed by atoms with van der Waals surface area (Å²) in [5.74, 6) is 0.670. The highest BCUT2D eigenvalue weighted by Crippen LogP contribution is 2.28. The number of carbonyl (C=O) groups excluding carboxylic acids is 1. The number of nitrogens with one attached hydrogen (secondary N) is 2. The van der Waals surface area contributed by atoms with Crippen molar-refractivity contribution in [3.05, 3.63) is 34.9 Å². The van der Waals surface area contributed by atoms with Crippen molar-refractivity contribution in [2.75, 3.05) is 13.1 Å². The Kier molecular flexibility index (Phi) is 4.37. The molecule has 0 saturated carbocycles. The van der Waals surface area contributed by atoms with Crippen molar-refractivity contribution in [3.8, 4) is 0 Å². The van der Waals surface area contributed by atoms with Crippen LogP contribution in [-0.4, -0.2) is 19.0 Å². The van der Waals surface area contributed by atoms with Crippen molar-refractivity contribution in [1.82, 2.24) is 10.6 Å². The molecule has 0 aliphatic carbocycles. The standard InChI is InChI=1S/C15H22N2O/c1-11-3-4-15(13-5-7-16-8-6-13)14(9-11)10-17-12(2)18/h3-4,9,13,16H,5-8,10H2,1-2H3,(H,17,18). The van der Waals surface area contributed by atoms with Gasteiger partial charge in [0, 0.05) is 13.5 Å². The Morgan fingerprint density at radius 3 is 2.78 bits per heavy atom. The van der Waals surface area contributed by atoms with E-state index in [-0.39, 0.29) is 5.91 Å². The molecule has 0 aromatic heterocycles. The number of rotatable bonds is 3. The third kappa shape index (κ3) is 3.33. The van der Waals surface area contributed by atoms with Crippen molar-refractivity contribution in [3.63, 3.8) is 0 Å². The zero-order valence-corrected chi connectivity index (χ0v) is 11.3. The summed E-state index contributed by atoms with van der Waals surface area (Å²) in [6.45, 7) is 6.51. The van der Waals surface area contributed by atoms with E-state index in [0.717, 1.165) is 13.1 Å². The Morgan fingerprint density at radius 2 is 2.11 bits per heavy atom. The molecule has 3 nitrogen and oxygen atoms in total. The van der Waals surface area contributed by atoms with Crippen molar-refractivity contribution in [2.45, 2.75) is 39.2 Å². The molecule has 18 heavy (non-hydrogen) atoms. The minimum absolute atomic E-state index is 0.0350. The van der Waals surface area contributed by atoms with Gasteiger partial charge in [0.25, 0.3) is 0 Å². The Bertz CT molecular complexity index is 423. The molecule has 1 aromatic carbocycles. The molecule has 98 valence electrons. The Labute approximate surface area is 109 Å². The van der Waals surface area contributed by atoms with Crippen LogP contribution >= 0.6 is 0 Å². The van der Waals surface area contributed by atoms with E-state index >= 15 is 0 Å². The summed E-state index contributed by atoms with van der Waals surface area (Å²) in [6, 6.07) is 6.62. The quantitative estimate of drug-likeness (QED) is 0.857. The summed E-state index contributed by atoms with van der Waals surface area (Å²) >= 11 is 0. The summed E-state index contributed by atoms with van der Waals surface area (Å²) in [5.41, 5.74) is 3.95. The largest absolute Gasteiger partial charge is 0.352 e.